The molecular formula is C26H22FN3O3S. The van der Waals surface area contributed by atoms with Gasteiger partial charge in [-0.2, -0.15) is 4.39 Å². The Morgan fingerprint density at radius 2 is 1.74 bits per heavy atom. The second-order valence-corrected chi connectivity index (χ2v) is 8.69. The largest absolute Gasteiger partial charge is 0.481 e. The zero-order valence-electron chi connectivity index (χ0n) is 18.1. The molecule has 4 aromatic rings. The van der Waals surface area contributed by atoms with E-state index in [9.17, 15) is 19.1 Å². The Labute approximate surface area is 200 Å². The van der Waals surface area contributed by atoms with E-state index in [0.717, 1.165) is 27.9 Å². The summed E-state index contributed by atoms with van der Waals surface area (Å²) in [5.74, 6) is -2.55. The Bertz CT molecular complexity index is 1280. The lowest BCUT2D eigenvalue weighted by Gasteiger charge is -2.14. The summed E-state index contributed by atoms with van der Waals surface area (Å²) < 4.78 is 13.2. The topological polar surface area (TPSA) is 92.2 Å². The summed E-state index contributed by atoms with van der Waals surface area (Å²) in [6.45, 7) is 0.203. The molecule has 2 N–H and O–H groups in total. The molecule has 8 heteroatoms. The quantitative estimate of drug-likeness (QED) is 0.334. The second-order valence-electron chi connectivity index (χ2n) is 7.74. The summed E-state index contributed by atoms with van der Waals surface area (Å²) in [4.78, 5) is 32.4. The summed E-state index contributed by atoms with van der Waals surface area (Å²) in [5.41, 5.74) is 4.17. The van der Waals surface area contributed by atoms with Gasteiger partial charge in [0.25, 0.3) is 0 Å². The Balaban J connectivity index is 1.46. The van der Waals surface area contributed by atoms with Crippen LogP contribution in [0.1, 0.15) is 17.0 Å². The molecule has 0 aliphatic heterocycles. The van der Waals surface area contributed by atoms with Gasteiger partial charge in [-0.05, 0) is 29.7 Å². The van der Waals surface area contributed by atoms with E-state index in [4.69, 9.17) is 0 Å². The average Bonchev–Trinajstić information content (AvgIpc) is 3.32. The number of carboxylic acids is 1. The Morgan fingerprint density at radius 3 is 2.44 bits per heavy atom. The molecule has 2 heterocycles. The minimum Gasteiger partial charge on any atom is -0.481 e. The zero-order valence-corrected chi connectivity index (χ0v) is 19.0. The van der Waals surface area contributed by atoms with E-state index in [1.165, 1.54) is 23.6 Å². The van der Waals surface area contributed by atoms with Gasteiger partial charge >= 0.3 is 5.97 Å². The molecule has 0 bridgehead atoms. The fourth-order valence-electron chi connectivity index (χ4n) is 3.68. The maximum Gasteiger partial charge on any atom is 0.304 e. The molecule has 2 aromatic heterocycles. The molecule has 1 amide bonds. The highest BCUT2D eigenvalue weighted by Gasteiger charge is 2.22. The summed E-state index contributed by atoms with van der Waals surface area (Å²) in [5, 5.41) is 14.7. The number of carboxylic acid groups (broad SMARTS) is 1. The number of halogens is 1. The molecule has 0 saturated heterocycles. The molecule has 0 aliphatic rings. The van der Waals surface area contributed by atoms with Crippen LogP contribution in [0.5, 0.6) is 0 Å². The van der Waals surface area contributed by atoms with Crippen LogP contribution in [0.25, 0.3) is 22.4 Å². The lowest BCUT2D eigenvalue weighted by molar-refractivity contribution is -0.141. The highest BCUT2D eigenvalue weighted by Crippen LogP contribution is 2.32. The van der Waals surface area contributed by atoms with Gasteiger partial charge in [-0.1, -0.05) is 54.6 Å². The summed E-state index contributed by atoms with van der Waals surface area (Å²) in [6, 6.07) is 20.0. The number of amides is 1. The van der Waals surface area contributed by atoms with E-state index >= 15 is 0 Å². The summed E-state index contributed by atoms with van der Waals surface area (Å²) in [6.07, 6.45) is 1.58. The molecule has 172 valence electrons. The first-order chi connectivity index (χ1) is 16.5. The molecule has 0 radical (unpaired) electrons. The van der Waals surface area contributed by atoms with Crippen molar-refractivity contribution in [2.45, 2.75) is 19.4 Å². The van der Waals surface area contributed by atoms with Crippen molar-refractivity contribution in [3.63, 3.8) is 0 Å². The van der Waals surface area contributed by atoms with Gasteiger partial charge in [0, 0.05) is 22.7 Å². The third-order valence-electron chi connectivity index (χ3n) is 5.32. The minimum atomic E-state index is -1.01. The molecular weight excluding hydrogens is 453 g/mol. The van der Waals surface area contributed by atoms with Gasteiger partial charge in [0.05, 0.1) is 24.6 Å². The molecule has 2 aromatic carbocycles. The van der Waals surface area contributed by atoms with Crippen LogP contribution in [0.15, 0.2) is 78.3 Å². The third-order valence-corrected chi connectivity index (χ3v) is 6.17. The monoisotopic (exact) mass is 475 g/mol. The SMILES string of the molecule is O=C(O)C[C@@H](Cc1ccccc1)C(=O)NCc1nc(-c2ccccc2-c2ccc(F)nc2)cs1. The van der Waals surface area contributed by atoms with Crippen molar-refractivity contribution in [3.05, 3.63) is 94.8 Å². The van der Waals surface area contributed by atoms with Crippen LogP contribution < -0.4 is 5.32 Å². The highest BCUT2D eigenvalue weighted by atomic mass is 32.1. The first-order valence-electron chi connectivity index (χ1n) is 10.7. The number of aromatic nitrogens is 2. The van der Waals surface area contributed by atoms with Crippen LogP contribution >= 0.6 is 11.3 Å². The summed E-state index contributed by atoms with van der Waals surface area (Å²) in [7, 11) is 0. The number of carbonyl (C=O) groups is 2. The summed E-state index contributed by atoms with van der Waals surface area (Å²) >= 11 is 1.40. The molecule has 0 saturated carbocycles. The number of aliphatic carboxylic acids is 1. The van der Waals surface area contributed by atoms with Gasteiger partial charge in [0.2, 0.25) is 11.9 Å². The zero-order chi connectivity index (χ0) is 23.9. The van der Waals surface area contributed by atoms with Gasteiger partial charge in [-0.15, -0.1) is 11.3 Å². The Morgan fingerprint density at radius 1 is 1.00 bits per heavy atom. The van der Waals surface area contributed by atoms with E-state index in [1.807, 2.05) is 60.0 Å². The van der Waals surface area contributed by atoms with Crippen LogP contribution in [0.4, 0.5) is 4.39 Å². The molecule has 0 fully saturated rings. The number of thiazole rings is 1. The lowest BCUT2D eigenvalue weighted by Crippen LogP contribution is -2.33. The molecule has 6 nitrogen and oxygen atoms in total. The number of nitrogens with zero attached hydrogens (tertiary/aromatic N) is 2. The van der Waals surface area contributed by atoms with Crippen molar-refractivity contribution in [3.8, 4) is 22.4 Å². The van der Waals surface area contributed by atoms with Crippen LogP contribution in [-0.4, -0.2) is 27.0 Å². The van der Waals surface area contributed by atoms with E-state index in [0.29, 0.717) is 11.4 Å². The predicted molar refractivity (Wildman–Crippen MR) is 128 cm³/mol. The predicted octanol–water partition coefficient (Wildman–Crippen LogP) is 4.96. The first kappa shape index (κ1) is 23.3. The van der Waals surface area contributed by atoms with Crippen LogP contribution in [-0.2, 0) is 22.6 Å². The van der Waals surface area contributed by atoms with Crippen molar-refractivity contribution < 1.29 is 19.1 Å². The van der Waals surface area contributed by atoms with Crippen molar-refractivity contribution in [2.24, 2.45) is 5.92 Å². The fourth-order valence-corrected chi connectivity index (χ4v) is 4.42. The normalized spacial score (nSPS) is 11.7. The second kappa shape index (κ2) is 10.8. The van der Waals surface area contributed by atoms with Gasteiger partial charge in [-0.3, -0.25) is 9.59 Å². The smallest absolute Gasteiger partial charge is 0.304 e. The van der Waals surface area contributed by atoms with Gasteiger partial charge in [0.15, 0.2) is 0 Å². The van der Waals surface area contributed by atoms with Gasteiger partial charge in [-0.25, -0.2) is 9.97 Å². The fraction of sp³-hybridized carbons (Fsp3) is 0.154. The number of benzene rings is 2. The van der Waals surface area contributed by atoms with Gasteiger partial charge < -0.3 is 10.4 Å². The molecule has 4 rings (SSSR count). The molecule has 0 aliphatic carbocycles. The van der Waals surface area contributed by atoms with Crippen molar-refractivity contribution in [1.29, 1.82) is 0 Å². The molecule has 34 heavy (non-hydrogen) atoms. The van der Waals surface area contributed by atoms with Crippen molar-refractivity contribution in [2.75, 3.05) is 0 Å². The standard InChI is InChI=1S/C26H22FN3O3S/c27-23-11-10-18(14-28-23)20-8-4-5-9-21(20)22-16-34-24(30-22)15-29-26(33)19(13-25(31)32)12-17-6-2-1-3-7-17/h1-11,14,16,19H,12-13,15H2,(H,29,33)(H,31,32)/t19-/m1/s1. The van der Waals surface area contributed by atoms with E-state index in [1.54, 1.807) is 6.07 Å². The number of rotatable bonds is 9. The van der Waals surface area contributed by atoms with Crippen LogP contribution in [0.3, 0.4) is 0 Å². The Hall–Kier alpha value is -3.91. The number of pyridine rings is 1. The van der Waals surface area contributed by atoms with Crippen LogP contribution in [0, 0.1) is 11.9 Å². The van der Waals surface area contributed by atoms with E-state index in [2.05, 4.69) is 15.3 Å². The molecule has 1 atom stereocenters. The van der Waals surface area contributed by atoms with E-state index in [-0.39, 0.29) is 18.9 Å². The average molecular weight is 476 g/mol. The number of hydrogen-bond donors (Lipinski definition) is 2. The lowest BCUT2D eigenvalue weighted by atomic mass is 9.95. The number of carbonyl (C=O) groups excluding carboxylic acids is 1. The molecule has 0 spiro atoms. The molecule has 0 unspecified atom stereocenters. The maximum atomic E-state index is 13.2. The van der Waals surface area contributed by atoms with Crippen LogP contribution in [0.2, 0.25) is 0 Å². The maximum absolute atomic E-state index is 13.2. The van der Waals surface area contributed by atoms with E-state index < -0.39 is 17.8 Å². The van der Waals surface area contributed by atoms with Crippen molar-refractivity contribution >= 4 is 23.2 Å². The number of hydrogen-bond acceptors (Lipinski definition) is 5. The Kier molecular flexibility index (Phi) is 7.39. The van der Waals surface area contributed by atoms with Gasteiger partial charge in [0.1, 0.15) is 5.01 Å². The van der Waals surface area contributed by atoms with Crippen molar-refractivity contribution in [1.82, 2.24) is 15.3 Å². The minimum absolute atomic E-state index is 0.203. The highest BCUT2D eigenvalue weighted by molar-refractivity contribution is 7.09. The first-order valence-corrected chi connectivity index (χ1v) is 11.6. The third kappa shape index (κ3) is 5.90. The number of nitrogens with one attached hydrogen (secondary N) is 1.